The zero-order chi connectivity index (χ0) is 16.1. The zero-order valence-electron chi connectivity index (χ0n) is 13.0. The lowest BCUT2D eigenvalue weighted by Gasteiger charge is -2.28. The van der Waals surface area contributed by atoms with Crippen LogP contribution in [0.15, 0.2) is 48.2 Å². The number of fused-ring (bicyclic) bond motifs is 4. The van der Waals surface area contributed by atoms with Gasteiger partial charge in [0.1, 0.15) is 11.5 Å². The van der Waals surface area contributed by atoms with E-state index in [4.69, 9.17) is 14.2 Å². The number of benzene rings is 2. The summed E-state index contributed by atoms with van der Waals surface area (Å²) >= 11 is 0. The highest BCUT2D eigenvalue weighted by Crippen LogP contribution is 2.45. The average Bonchev–Trinajstić information content (AvgIpc) is 3.19. The minimum Gasteiger partial charge on any atom is -0.464 e. The summed E-state index contributed by atoms with van der Waals surface area (Å²) in [5, 5.41) is 0. The molecule has 4 heteroatoms. The molecule has 0 aromatic heterocycles. The maximum Gasteiger partial charge on any atom is 0.231 e. The number of hydrogen-bond acceptors (Lipinski definition) is 4. The second kappa shape index (κ2) is 5.21. The highest BCUT2D eigenvalue weighted by atomic mass is 16.7. The summed E-state index contributed by atoms with van der Waals surface area (Å²) in [5.74, 6) is 2.07. The van der Waals surface area contributed by atoms with E-state index in [1.54, 1.807) is 12.1 Å². The fourth-order valence-electron chi connectivity index (χ4n) is 3.62. The van der Waals surface area contributed by atoms with Crippen LogP contribution in [0.25, 0.3) is 6.08 Å². The van der Waals surface area contributed by atoms with E-state index in [0.29, 0.717) is 23.0 Å². The molecule has 1 saturated heterocycles. The van der Waals surface area contributed by atoms with E-state index in [2.05, 4.69) is 0 Å². The van der Waals surface area contributed by atoms with Crippen molar-refractivity contribution in [3.05, 3.63) is 64.9 Å². The molecule has 4 nitrogen and oxygen atoms in total. The quantitative estimate of drug-likeness (QED) is 0.753. The molecular weight excluding hydrogens is 304 g/mol. The molecule has 0 bridgehead atoms. The molecule has 0 radical (unpaired) electrons. The number of Topliss-reactive ketones (excluding diaryl/α,β-unsaturated/α-hetero) is 1. The molecule has 1 fully saturated rings. The summed E-state index contributed by atoms with van der Waals surface area (Å²) < 4.78 is 17.5. The molecule has 0 aliphatic carbocycles. The predicted molar refractivity (Wildman–Crippen MR) is 88.0 cm³/mol. The molecule has 2 aromatic rings. The fourth-order valence-corrected chi connectivity index (χ4v) is 3.62. The van der Waals surface area contributed by atoms with Gasteiger partial charge in [-0.3, -0.25) is 4.79 Å². The van der Waals surface area contributed by atoms with Gasteiger partial charge in [-0.25, -0.2) is 0 Å². The summed E-state index contributed by atoms with van der Waals surface area (Å²) in [7, 11) is 0. The number of carbonyl (C=O) groups is 1. The van der Waals surface area contributed by atoms with E-state index in [1.165, 1.54) is 0 Å². The average molecular weight is 320 g/mol. The minimum atomic E-state index is -0.160. The van der Waals surface area contributed by atoms with Crippen molar-refractivity contribution in [2.24, 2.45) is 5.92 Å². The number of ketones is 1. The van der Waals surface area contributed by atoms with Gasteiger partial charge in [-0.1, -0.05) is 30.3 Å². The van der Waals surface area contributed by atoms with Crippen molar-refractivity contribution in [1.82, 2.24) is 0 Å². The van der Waals surface area contributed by atoms with Gasteiger partial charge >= 0.3 is 0 Å². The first-order valence-corrected chi connectivity index (χ1v) is 8.23. The third-order valence-corrected chi connectivity index (χ3v) is 4.86. The van der Waals surface area contributed by atoms with Gasteiger partial charge in [-0.05, 0) is 36.6 Å². The number of carbonyl (C=O) groups excluding carboxylic acids is 1. The topological polar surface area (TPSA) is 44.8 Å². The first-order valence-electron chi connectivity index (χ1n) is 8.23. The van der Waals surface area contributed by atoms with Gasteiger partial charge in [-0.2, -0.15) is 0 Å². The molecule has 3 aliphatic rings. The van der Waals surface area contributed by atoms with Gasteiger partial charge in [-0.15, -0.1) is 0 Å². The van der Waals surface area contributed by atoms with Gasteiger partial charge < -0.3 is 14.2 Å². The van der Waals surface area contributed by atoms with Gasteiger partial charge in [0.15, 0.2) is 5.76 Å². The van der Waals surface area contributed by atoms with Gasteiger partial charge in [0.25, 0.3) is 0 Å². The van der Waals surface area contributed by atoms with Crippen LogP contribution in [0.5, 0.6) is 11.5 Å². The third kappa shape index (κ3) is 2.07. The molecule has 120 valence electrons. The van der Waals surface area contributed by atoms with Crippen molar-refractivity contribution in [1.29, 1.82) is 0 Å². The molecule has 5 rings (SSSR count). The van der Waals surface area contributed by atoms with E-state index in [1.807, 2.05) is 36.4 Å². The van der Waals surface area contributed by atoms with E-state index in [9.17, 15) is 4.79 Å². The van der Waals surface area contributed by atoms with Crippen molar-refractivity contribution in [2.45, 2.75) is 19.1 Å². The maximum atomic E-state index is 12.7. The molecule has 0 spiro atoms. The SMILES string of the molecule is O=C1C(=Cc2ccccc2)Oc2c1ccc1c2CC2CCOC2O1. The first kappa shape index (κ1) is 13.8. The summed E-state index contributed by atoms with van der Waals surface area (Å²) in [6.45, 7) is 0.727. The van der Waals surface area contributed by atoms with Gasteiger partial charge in [0.2, 0.25) is 12.1 Å². The van der Waals surface area contributed by atoms with Crippen LogP contribution >= 0.6 is 0 Å². The Morgan fingerprint density at radius 3 is 2.83 bits per heavy atom. The maximum absolute atomic E-state index is 12.7. The second-order valence-electron chi connectivity index (χ2n) is 6.38. The predicted octanol–water partition coefficient (Wildman–Crippen LogP) is 3.60. The third-order valence-electron chi connectivity index (χ3n) is 4.86. The van der Waals surface area contributed by atoms with Crippen LogP contribution in [0.1, 0.15) is 27.9 Å². The smallest absolute Gasteiger partial charge is 0.231 e. The molecule has 2 atom stereocenters. The van der Waals surface area contributed by atoms with Crippen LogP contribution in [0.3, 0.4) is 0 Å². The molecule has 2 aromatic carbocycles. The van der Waals surface area contributed by atoms with Crippen LogP contribution < -0.4 is 9.47 Å². The van der Waals surface area contributed by atoms with Crippen molar-refractivity contribution < 1.29 is 19.0 Å². The lowest BCUT2D eigenvalue weighted by Crippen LogP contribution is -2.29. The van der Waals surface area contributed by atoms with Crippen molar-refractivity contribution in [3.63, 3.8) is 0 Å². The second-order valence-corrected chi connectivity index (χ2v) is 6.38. The monoisotopic (exact) mass is 320 g/mol. The van der Waals surface area contributed by atoms with E-state index >= 15 is 0 Å². The number of allylic oxidation sites excluding steroid dienone is 1. The summed E-state index contributed by atoms with van der Waals surface area (Å²) in [5.41, 5.74) is 2.56. The lowest BCUT2D eigenvalue weighted by atomic mass is 9.92. The molecule has 2 unspecified atom stereocenters. The van der Waals surface area contributed by atoms with Crippen LogP contribution in [0.2, 0.25) is 0 Å². The Kier molecular flexibility index (Phi) is 3.00. The number of hydrogen-bond donors (Lipinski definition) is 0. The summed E-state index contributed by atoms with van der Waals surface area (Å²) in [4.78, 5) is 12.7. The van der Waals surface area contributed by atoms with Crippen molar-refractivity contribution >= 4 is 11.9 Å². The number of ether oxygens (including phenoxy) is 3. The van der Waals surface area contributed by atoms with E-state index in [0.717, 1.165) is 36.3 Å². The first-order chi connectivity index (χ1) is 11.8. The lowest BCUT2D eigenvalue weighted by molar-refractivity contribution is -0.0700. The van der Waals surface area contributed by atoms with Gasteiger partial charge in [0.05, 0.1) is 12.2 Å². The van der Waals surface area contributed by atoms with Crippen molar-refractivity contribution in [2.75, 3.05) is 6.61 Å². The van der Waals surface area contributed by atoms with Crippen LogP contribution in [-0.2, 0) is 11.2 Å². The van der Waals surface area contributed by atoms with Gasteiger partial charge in [0, 0.05) is 11.5 Å². The van der Waals surface area contributed by atoms with Crippen LogP contribution in [0.4, 0.5) is 0 Å². The molecule has 3 aliphatic heterocycles. The minimum absolute atomic E-state index is 0.0681. The van der Waals surface area contributed by atoms with Crippen molar-refractivity contribution in [3.8, 4) is 11.5 Å². The number of rotatable bonds is 1. The van der Waals surface area contributed by atoms with Crippen LogP contribution in [0, 0.1) is 5.92 Å². The Hall–Kier alpha value is -2.59. The highest BCUT2D eigenvalue weighted by molar-refractivity contribution is 6.15. The summed E-state index contributed by atoms with van der Waals surface area (Å²) in [6.07, 6.45) is 3.44. The zero-order valence-corrected chi connectivity index (χ0v) is 13.0. The molecule has 0 N–H and O–H groups in total. The van der Waals surface area contributed by atoms with E-state index in [-0.39, 0.29) is 12.1 Å². The Bertz CT molecular complexity index is 853. The Morgan fingerprint density at radius 1 is 1.08 bits per heavy atom. The Balaban J connectivity index is 1.54. The largest absolute Gasteiger partial charge is 0.464 e. The Morgan fingerprint density at radius 2 is 1.96 bits per heavy atom. The normalized spacial score (nSPS) is 25.7. The molecule has 3 heterocycles. The molecular formula is C20H16O4. The fraction of sp³-hybridized carbons (Fsp3) is 0.250. The van der Waals surface area contributed by atoms with E-state index < -0.39 is 0 Å². The molecule has 0 amide bonds. The molecule has 24 heavy (non-hydrogen) atoms. The summed E-state index contributed by atoms with van der Waals surface area (Å²) in [6, 6.07) is 13.4. The Labute approximate surface area is 139 Å². The standard InChI is InChI=1S/C20H16O4/c21-18-14-6-7-16-15(11-13-8-9-22-20(13)24-16)19(14)23-17(18)10-12-4-2-1-3-5-12/h1-7,10,13,20H,8-9,11H2. The molecule has 0 saturated carbocycles. The highest BCUT2D eigenvalue weighted by Gasteiger charge is 2.39. The van der Waals surface area contributed by atoms with Crippen LogP contribution in [-0.4, -0.2) is 18.7 Å².